The maximum absolute atomic E-state index is 11.8. The quantitative estimate of drug-likeness (QED) is 0.439. The molecule has 2 rings (SSSR count). The Morgan fingerprint density at radius 2 is 1.88 bits per heavy atom. The first-order valence-electron chi connectivity index (χ1n) is 7.24. The summed E-state index contributed by atoms with van der Waals surface area (Å²) in [4.78, 5) is 27.3. The molecule has 0 aliphatic rings. The lowest BCUT2D eigenvalue weighted by Crippen LogP contribution is -2.41. The molecule has 6 nitrogen and oxygen atoms in total. The number of benzene rings is 1. The van der Waals surface area contributed by atoms with E-state index in [1.165, 1.54) is 18.3 Å². The van der Waals surface area contributed by atoms with Crippen LogP contribution >= 0.6 is 34.8 Å². The van der Waals surface area contributed by atoms with E-state index in [2.05, 4.69) is 15.8 Å². The van der Waals surface area contributed by atoms with Gasteiger partial charge in [-0.2, -0.15) is 0 Å². The lowest BCUT2D eigenvalue weighted by Gasteiger charge is -2.09. The molecule has 0 aliphatic heterocycles. The molecule has 0 atom stereocenters. The summed E-state index contributed by atoms with van der Waals surface area (Å²) in [6.45, 7) is 0.295. The number of hydrogen-bond donors (Lipinski definition) is 2. The Kier molecular flexibility index (Phi) is 7.31. The van der Waals surface area contributed by atoms with E-state index in [1.807, 2.05) is 0 Å². The molecule has 0 bridgehead atoms. The SMILES string of the molecule is O=C(CCCOc1ccc(Cl)cc1Cl)NNC(=O)c1ccc(Cl)nc1. The summed E-state index contributed by atoms with van der Waals surface area (Å²) in [7, 11) is 0. The van der Waals surface area contributed by atoms with Gasteiger partial charge in [0.25, 0.3) is 5.91 Å². The van der Waals surface area contributed by atoms with Gasteiger partial charge in [0.15, 0.2) is 0 Å². The van der Waals surface area contributed by atoms with Crippen LogP contribution in [0.1, 0.15) is 23.2 Å². The molecule has 0 unspecified atom stereocenters. The van der Waals surface area contributed by atoms with Gasteiger partial charge in [-0.1, -0.05) is 34.8 Å². The maximum atomic E-state index is 11.8. The number of carbonyl (C=O) groups is 2. The van der Waals surface area contributed by atoms with Crippen molar-refractivity contribution in [3.05, 3.63) is 57.3 Å². The molecule has 0 aliphatic carbocycles. The molecule has 0 radical (unpaired) electrons. The Balaban J connectivity index is 1.67. The minimum Gasteiger partial charge on any atom is -0.492 e. The van der Waals surface area contributed by atoms with Crippen molar-refractivity contribution in [3.8, 4) is 5.75 Å². The van der Waals surface area contributed by atoms with Crippen molar-refractivity contribution in [2.75, 3.05) is 6.61 Å². The number of ether oxygens (including phenoxy) is 1. The third kappa shape index (κ3) is 6.42. The summed E-state index contributed by atoms with van der Waals surface area (Å²) in [5.41, 5.74) is 4.89. The number of nitrogens with one attached hydrogen (secondary N) is 2. The van der Waals surface area contributed by atoms with E-state index in [9.17, 15) is 9.59 Å². The minimum atomic E-state index is -0.485. The monoisotopic (exact) mass is 401 g/mol. The van der Waals surface area contributed by atoms with Gasteiger partial charge in [-0.05, 0) is 36.8 Å². The zero-order chi connectivity index (χ0) is 18.2. The van der Waals surface area contributed by atoms with Crippen LogP contribution in [0.4, 0.5) is 0 Å². The summed E-state index contributed by atoms with van der Waals surface area (Å²) in [5.74, 6) is -0.335. The molecule has 0 spiro atoms. The molecule has 0 saturated heterocycles. The predicted molar refractivity (Wildman–Crippen MR) is 96.0 cm³/mol. The molecule has 132 valence electrons. The fourth-order valence-corrected chi connectivity index (χ4v) is 2.35. The average Bonchev–Trinajstić information content (AvgIpc) is 2.58. The third-order valence-corrected chi connectivity index (χ3v) is 3.76. The summed E-state index contributed by atoms with van der Waals surface area (Å²) in [6.07, 6.45) is 1.93. The third-order valence-electron chi connectivity index (χ3n) is 3.00. The zero-order valence-electron chi connectivity index (χ0n) is 12.9. The number of pyridine rings is 1. The van der Waals surface area contributed by atoms with Crippen LogP contribution in [-0.4, -0.2) is 23.4 Å². The standard InChI is InChI=1S/C16H14Cl3N3O3/c17-11-4-5-13(12(18)8-11)25-7-1-2-15(23)21-22-16(24)10-3-6-14(19)20-9-10/h3-6,8-9H,1-2,7H2,(H,21,23)(H,22,24). The molecule has 2 aromatic rings. The van der Waals surface area contributed by atoms with Crippen molar-refractivity contribution in [3.63, 3.8) is 0 Å². The van der Waals surface area contributed by atoms with Crippen LogP contribution in [0.5, 0.6) is 5.75 Å². The molecule has 0 fully saturated rings. The maximum Gasteiger partial charge on any atom is 0.271 e. The Hall–Kier alpha value is -2.02. The number of nitrogens with zero attached hydrogens (tertiary/aromatic N) is 1. The van der Waals surface area contributed by atoms with Crippen molar-refractivity contribution in [1.29, 1.82) is 0 Å². The van der Waals surface area contributed by atoms with Crippen LogP contribution in [0.3, 0.4) is 0 Å². The van der Waals surface area contributed by atoms with Crippen molar-refractivity contribution in [2.45, 2.75) is 12.8 Å². The highest BCUT2D eigenvalue weighted by Crippen LogP contribution is 2.27. The number of aromatic nitrogens is 1. The van der Waals surface area contributed by atoms with E-state index in [0.717, 1.165) is 0 Å². The van der Waals surface area contributed by atoms with Gasteiger partial charge in [0.1, 0.15) is 10.9 Å². The van der Waals surface area contributed by atoms with Crippen molar-refractivity contribution >= 4 is 46.6 Å². The van der Waals surface area contributed by atoms with Crippen LogP contribution in [-0.2, 0) is 4.79 Å². The Morgan fingerprint density at radius 3 is 2.56 bits per heavy atom. The van der Waals surface area contributed by atoms with Crippen LogP contribution < -0.4 is 15.6 Å². The van der Waals surface area contributed by atoms with Gasteiger partial charge < -0.3 is 4.74 Å². The topological polar surface area (TPSA) is 80.3 Å². The Bertz CT molecular complexity index is 754. The minimum absolute atomic E-state index is 0.171. The van der Waals surface area contributed by atoms with E-state index < -0.39 is 5.91 Å². The van der Waals surface area contributed by atoms with Crippen molar-refractivity contribution < 1.29 is 14.3 Å². The molecule has 1 heterocycles. The van der Waals surface area contributed by atoms with Crippen LogP contribution in [0.15, 0.2) is 36.5 Å². The van der Waals surface area contributed by atoms with E-state index in [4.69, 9.17) is 39.5 Å². The van der Waals surface area contributed by atoms with Crippen LogP contribution in [0.25, 0.3) is 0 Å². The number of amides is 2. The van der Waals surface area contributed by atoms with Crippen molar-refractivity contribution in [2.24, 2.45) is 0 Å². The molecule has 2 amide bonds. The summed E-state index contributed by atoms with van der Waals surface area (Å²) < 4.78 is 5.47. The number of halogens is 3. The second-order valence-corrected chi connectivity index (χ2v) is 6.13. The number of carbonyl (C=O) groups excluding carboxylic acids is 2. The van der Waals surface area contributed by atoms with Gasteiger partial charge in [-0.3, -0.25) is 20.4 Å². The average molecular weight is 403 g/mol. The molecule has 0 saturated carbocycles. The van der Waals surface area contributed by atoms with Crippen LogP contribution in [0, 0.1) is 0 Å². The van der Waals surface area contributed by atoms with E-state index >= 15 is 0 Å². The largest absolute Gasteiger partial charge is 0.492 e. The van der Waals surface area contributed by atoms with E-state index in [0.29, 0.717) is 28.8 Å². The normalized spacial score (nSPS) is 10.2. The molecule has 9 heteroatoms. The molecular formula is C16H14Cl3N3O3. The number of rotatable bonds is 6. The summed E-state index contributed by atoms with van der Waals surface area (Å²) in [5, 5.41) is 1.20. The van der Waals surface area contributed by atoms with Gasteiger partial charge in [0, 0.05) is 17.6 Å². The Labute approximate surface area is 159 Å². The molecule has 25 heavy (non-hydrogen) atoms. The highest BCUT2D eigenvalue weighted by molar-refractivity contribution is 6.35. The first kappa shape index (κ1) is 19.3. The predicted octanol–water partition coefficient (Wildman–Crippen LogP) is 3.66. The fraction of sp³-hybridized carbons (Fsp3) is 0.188. The van der Waals surface area contributed by atoms with Gasteiger partial charge in [-0.25, -0.2) is 4.98 Å². The van der Waals surface area contributed by atoms with Crippen molar-refractivity contribution in [1.82, 2.24) is 15.8 Å². The highest BCUT2D eigenvalue weighted by Gasteiger charge is 2.08. The second kappa shape index (κ2) is 9.46. The van der Waals surface area contributed by atoms with Gasteiger partial charge in [0.05, 0.1) is 17.2 Å². The summed E-state index contributed by atoms with van der Waals surface area (Å²) in [6, 6.07) is 7.88. The second-order valence-electron chi connectivity index (χ2n) is 4.90. The van der Waals surface area contributed by atoms with Gasteiger partial charge >= 0.3 is 0 Å². The van der Waals surface area contributed by atoms with E-state index in [-0.39, 0.29) is 23.0 Å². The summed E-state index contributed by atoms with van der Waals surface area (Å²) >= 11 is 17.4. The van der Waals surface area contributed by atoms with Gasteiger partial charge in [-0.15, -0.1) is 0 Å². The lowest BCUT2D eigenvalue weighted by molar-refractivity contribution is -0.122. The van der Waals surface area contributed by atoms with Crippen LogP contribution in [0.2, 0.25) is 15.2 Å². The zero-order valence-corrected chi connectivity index (χ0v) is 15.2. The smallest absolute Gasteiger partial charge is 0.271 e. The molecule has 1 aromatic heterocycles. The lowest BCUT2D eigenvalue weighted by atomic mass is 10.3. The Morgan fingerprint density at radius 1 is 1.08 bits per heavy atom. The highest BCUT2D eigenvalue weighted by atomic mass is 35.5. The van der Waals surface area contributed by atoms with E-state index in [1.54, 1.807) is 18.2 Å². The number of hydrogen-bond acceptors (Lipinski definition) is 4. The molecule has 1 aromatic carbocycles. The molecular weight excluding hydrogens is 389 g/mol. The van der Waals surface area contributed by atoms with Gasteiger partial charge in [0.2, 0.25) is 5.91 Å². The first-order chi connectivity index (χ1) is 12.0. The first-order valence-corrected chi connectivity index (χ1v) is 8.37. The fourth-order valence-electron chi connectivity index (χ4n) is 1.78. The number of hydrazine groups is 1. The molecule has 2 N–H and O–H groups in total.